The highest BCUT2D eigenvalue weighted by molar-refractivity contribution is 6.31. The molecule has 0 aromatic heterocycles. The minimum Gasteiger partial charge on any atom is -0.373 e. The van der Waals surface area contributed by atoms with Gasteiger partial charge in [0.05, 0.1) is 6.04 Å². The zero-order valence-corrected chi connectivity index (χ0v) is 17.1. The molecule has 0 radical (unpaired) electrons. The van der Waals surface area contributed by atoms with E-state index in [1.165, 1.54) is 6.07 Å². The van der Waals surface area contributed by atoms with E-state index in [1.54, 1.807) is 12.1 Å². The van der Waals surface area contributed by atoms with Crippen LogP contribution in [-0.4, -0.2) is 5.78 Å². The van der Waals surface area contributed by atoms with Gasteiger partial charge in [-0.25, -0.2) is 4.39 Å². The molecule has 0 spiro atoms. The summed E-state index contributed by atoms with van der Waals surface area (Å²) in [7, 11) is 0. The molecule has 1 unspecified atom stereocenters. The summed E-state index contributed by atoms with van der Waals surface area (Å²) >= 11 is 6.41. The van der Waals surface area contributed by atoms with Gasteiger partial charge in [0, 0.05) is 33.8 Å². The summed E-state index contributed by atoms with van der Waals surface area (Å²) in [5, 5.41) is 6.00. The molecule has 3 aromatic carbocycles. The summed E-state index contributed by atoms with van der Waals surface area (Å²) in [5.41, 5.74) is 3.83. The lowest BCUT2D eigenvalue weighted by molar-refractivity contribution is -0.118. The molecule has 1 aliphatic heterocycles. The van der Waals surface area contributed by atoms with Crippen LogP contribution in [0.3, 0.4) is 0 Å². The third-order valence-electron chi connectivity index (χ3n) is 6.03. The molecule has 1 heterocycles. The number of rotatable bonds is 1. The van der Waals surface area contributed by atoms with Gasteiger partial charge in [0.1, 0.15) is 5.82 Å². The molecule has 3 aromatic rings. The maximum Gasteiger partial charge on any atom is 0.162 e. The van der Waals surface area contributed by atoms with Crippen molar-refractivity contribution in [1.82, 2.24) is 0 Å². The summed E-state index contributed by atoms with van der Waals surface area (Å²) < 4.78 is 14.8. The average Bonchev–Trinajstić information content (AvgIpc) is 2.66. The fraction of sp³-hybridized carbons (Fsp3) is 0.240. The highest BCUT2D eigenvalue weighted by atomic mass is 35.5. The molecule has 5 rings (SSSR count). The molecule has 0 saturated carbocycles. The summed E-state index contributed by atoms with van der Waals surface area (Å²) in [5.74, 6) is -0.338. The largest absolute Gasteiger partial charge is 0.373 e. The van der Waals surface area contributed by atoms with Crippen molar-refractivity contribution >= 4 is 39.4 Å². The summed E-state index contributed by atoms with van der Waals surface area (Å²) in [6.07, 6.45) is 1.20. The predicted octanol–water partition coefficient (Wildman–Crippen LogP) is 6.94. The number of hydrogen-bond donors (Lipinski definition) is 1. The van der Waals surface area contributed by atoms with Gasteiger partial charge in [-0.1, -0.05) is 61.8 Å². The predicted molar refractivity (Wildman–Crippen MR) is 117 cm³/mol. The SMILES string of the molecule is CC1(C)CC(=O)C2=C(C1)c1c(ccc3ccccc13)NC2c1c(F)cccc1Cl. The van der Waals surface area contributed by atoms with Gasteiger partial charge >= 0.3 is 0 Å². The average molecular weight is 406 g/mol. The molecule has 146 valence electrons. The number of Topliss-reactive ketones (excluding diaryl/α,β-unsaturated/α-hetero) is 1. The van der Waals surface area contributed by atoms with E-state index in [1.807, 2.05) is 18.2 Å². The lowest BCUT2D eigenvalue weighted by Crippen LogP contribution is -2.33. The van der Waals surface area contributed by atoms with Gasteiger partial charge in [0.15, 0.2) is 5.78 Å². The van der Waals surface area contributed by atoms with E-state index < -0.39 is 11.9 Å². The monoisotopic (exact) mass is 405 g/mol. The number of benzene rings is 3. The van der Waals surface area contributed by atoms with Crippen LogP contribution in [0.4, 0.5) is 10.1 Å². The van der Waals surface area contributed by atoms with Crippen molar-refractivity contribution in [2.24, 2.45) is 5.41 Å². The lowest BCUT2D eigenvalue weighted by atomic mass is 9.68. The molecule has 1 atom stereocenters. The minimum absolute atomic E-state index is 0.0617. The second kappa shape index (κ2) is 6.43. The van der Waals surface area contributed by atoms with Gasteiger partial charge in [0.2, 0.25) is 0 Å². The first-order valence-corrected chi connectivity index (χ1v) is 10.2. The van der Waals surface area contributed by atoms with Gasteiger partial charge in [-0.05, 0) is 46.4 Å². The Labute approximate surface area is 174 Å². The van der Waals surface area contributed by atoms with E-state index in [4.69, 9.17) is 11.6 Å². The number of hydrogen-bond acceptors (Lipinski definition) is 2. The van der Waals surface area contributed by atoms with Crippen LogP contribution in [0.2, 0.25) is 5.02 Å². The van der Waals surface area contributed by atoms with E-state index in [9.17, 15) is 9.18 Å². The number of ketones is 1. The molecule has 0 saturated heterocycles. The Hall–Kier alpha value is -2.65. The summed E-state index contributed by atoms with van der Waals surface area (Å²) in [6, 6.07) is 16.3. The van der Waals surface area contributed by atoms with Crippen LogP contribution in [-0.2, 0) is 4.79 Å². The normalized spacial score (nSPS) is 20.3. The number of fused-ring (bicyclic) bond motifs is 4. The minimum atomic E-state index is -0.587. The van der Waals surface area contributed by atoms with E-state index in [-0.39, 0.29) is 11.2 Å². The maximum absolute atomic E-state index is 14.8. The van der Waals surface area contributed by atoms with Crippen molar-refractivity contribution in [2.45, 2.75) is 32.7 Å². The summed E-state index contributed by atoms with van der Waals surface area (Å²) in [6.45, 7) is 4.24. The second-order valence-corrected chi connectivity index (χ2v) is 9.16. The van der Waals surface area contributed by atoms with Crippen LogP contribution < -0.4 is 5.32 Å². The highest BCUT2D eigenvalue weighted by Crippen LogP contribution is 2.52. The van der Waals surface area contributed by atoms with Crippen LogP contribution in [0.25, 0.3) is 16.3 Å². The molecule has 1 N–H and O–H groups in total. The van der Waals surface area contributed by atoms with Crippen molar-refractivity contribution in [1.29, 1.82) is 0 Å². The fourth-order valence-corrected chi connectivity index (χ4v) is 5.11. The van der Waals surface area contributed by atoms with Gasteiger partial charge in [0.25, 0.3) is 0 Å². The number of anilines is 1. The molecule has 29 heavy (non-hydrogen) atoms. The van der Waals surface area contributed by atoms with Crippen molar-refractivity contribution in [3.63, 3.8) is 0 Å². The molecule has 0 fully saturated rings. The zero-order valence-electron chi connectivity index (χ0n) is 16.4. The molecule has 2 aliphatic rings. The van der Waals surface area contributed by atoms with Crippen molar-refractivity contribution < 1.29 is 9.18 Å². The number of nitrogens with one attached hydrogen (secondary N) is 1. The fourth-order valence-electron chi connectivity index (χ4n) is 4.84. The quantitative estimate of drug-likeness (QED) is 0.475. The van der Waals surface area contributed by atoms with Crippen LogP contribution in [0.15, 0.2) is 60.2 Å². The van der Waals surface area contributed by atoms with Crippen LogP contribution in [0.1, 0.15) is 43.9 Å². The smallest absolute Gasteiger partial charge is 0.162 e. The van der Waals surface area contributed by atoms with Crippen LogP contribution in [0.5, 0.6) is 0 Å². The highest BCUT2D eigenvalue weighted by Gasteiger charge is 2.41. The Bertz CT molecular complexity index is 1190. The third-order valence-corrected chi connectivity index (χ3v) is 6.36. The Balaban J connectivity index is 1.84. The molecular weight excluding hydrogens is 385 g/mol. The summed E-state index contributed by atoms with van der Waals surface area (Å²) in [4.78, 5) is 13.3. The van der Waals surface area contributed by atoms with Gasteiger partial charge in [-0.3, -0.25) is 4.79 Å². The molecule has 0 amide bonds. The first-order valence-electron chi connectivity index (χ1n) is 9.84. The number of carbonyl (C=O) groups excluding carboxylic acids is 1. The Morgan fingerprint density at radius 3 is 2.62 bits per heavy atom. The first-order chi connectivity index (χ1) is 13.9. The molecule has 1 aliphatic carbocycles. The van der Waals surface area contributed by atoms with Crippen molar-refractivity contribution in [3.05, 3.63) is 82.1 Å². The standard InChI is InChI=1S/C25H21ClFNO/c1-25(2)12-16-21-15-7-4-3-6-14(15)10-11-19(21)28-24(22(16)20(29)13-25)23-17(26)8-5-9-18(23)27/h3-11,24,28H,12-13H2,1-2H3. The van der Waals surface area contributed by atoms with E-state index in [0.717, 1.165) is 34.0 Å². The zero-order chi connectivity index (χ0) is 20.3. The number of carbonyl (C=O) groups is 1. The first kappa shape index (κ1) is 18.4. The third kappa shape index (κ3) is 2.87. The second-order valence-electron chi connectivity index (χ2n) is 8.76. The van der Waals surface area contributed by atoms with Crippen LogP contribution in [0, 0.1) is 11.2 Å². The maximum atomic E-state index is 14.8. The number of halogens is 2. The Morgan fingerprint density at radius 2 is 1.83 bits per heavy atom. The van der Waals surface area contributed by atoms with Crippen molar-refractivity contribution in [3.8, 4) is 0 Å². The topological polar surface area (TPSA) is 29.1 Å². The Morgan fingerprint density at radius 1 is 1.03 bits per heavy atom. The number of allylic oxidation sites excluding steroid dienone is 1. The van der Waals surface area contributed by atoms with E-state index in [0.29, 0.717) is 22.6 Å². The van der Waals surface area contributed by atoms with Gasteiger partial charge in [-0.2, -0.15) is 0 Å². The molecule has 0 bridgehead atoms. The van der Waals surface area contributed by atoms with E-state index >= 15 is 0 Å². The molecular formula is C25H21ClFNO. The molecule has 2 nitrogen and oxygen atoms in total. The van der Waals surface area contributed by atoms with Crippen molar-refractivity contribution in [2.75, 3.05) is 5.32 Å². The van der Waals surface area contributed by atoms with Crippen LogP contribution >= 0.6 is 11.6 Å². The lowest BCUT2D eigenvalue weighted by Gasteiger charge is -2.40. The Kier molecular flexibility index (Phi) is 4.08. The van der Waals surface area contributed by atoms with Gasteiger partial charge in [-0.15, -0.1) is 0 Å². The molecule has 4 heteroatoms. The van der Waals surface area contributed by atoms with E-state index in [2.05, 4.69) is 37.4 Å². The van der Waals surface area contributed by atoms with Gasteiger partial charge < -0.3 is 5.32 Å².